The van der Waals surface area contributed by atoms with E-state index in [9.17, 15) is 0 Å². The molecule has 0 unspecified atom stereocenters. The first-order chi connectivity index (χ1) is 8.31. The highest BCUT2D eigenvalue weighted by molar-refractivity contribution is 5.78. The summed E-state index contributed by atoms with van der Waals surface area (Å²) in [7, 11) is 0. The zero-order valence-corrected chi connectivity index (χ0v) is 9.27. The lowest BCUT2D eigenvalue weighted by Gasteiger charge is -1.95. The van der Waals surface area contributed by atoms with Gasteiger partial charge in [-0.3, -0.25) is 0 Å². The summed E-state index contributed by atoms with van der Waals surface area (Å²) >= 11 is 0. The predicted molar refractivity (Wildman–Crippen MR) is 62.5 cm³/mol. The lowest BCUT2D eigenvalue weighted by Crippen LogP contribution is -1.99. The Morgan fingerprint density at radius 3 is 3.12 bits per heavy atom. The quantitative estimate of drug-likeness (QED) is 0.716. The highest BCUT2D eigenvalue weighted by Crippen LogP contribution is 2.20. The van der Waals surface area contributed by atoms with Gasteiger partial charge in [0, 0.05) is 5.39 Å². The van der Waals surface area contributed by atoms with Crippen molar-refractivity contribution in [3.8, 4) is 0 Å². The second-order valence-electron chi connectivity index (χ2n) is 3.84. The van der Waals surface area contributed by atoms with E-state index >= 15 is 0 Å². The minimum Gasteiger partial charge on any atom is -0.459 e. The summed E-state index contributed by atoms with van der Waals surface area (Å²) in [5.41, 5.74) is 2.11. The van der Waals surface area contributed by atoms with E-state index in [1.807, 2.05) is 18.2 Å². The Kier molecular flexibility index (Phi) is 2.25. The predicted octanol–water partition coefficient (Wildman–Crippen LogP) is 1.87. The van der Waals surface area contributed by atoms with Crippen molar-refractivity contribution in [1.82, 2.24) is 20.6 Å². The van der Waals surface area contributed by atoms with Gasteiger partial charge in [0.25, 0.3) is 5.95 Å². The van der Waals surface area contributed by atoms with Crippen LogP contribution in [0.3, 0.4) is 0 Å². The summed E-state index contributed by atoms with van der Waals surface area (Å²) in [6.45, 7) is 2.59. The van der Waals surface area contributed by atoms with Gasteiger partial charge in [-0.15, -0.1) is 5.10 Å². The molecule has 0 aliphatic carbocycles. The Labute approximate surface area is 97.0 Å². The molecular formula is C11H11N5O. The maximum atomic E-state index is 5.67. The lowest BCUT2D eigenvalue weighted by atomic mass is 10.2. The monoisotopic (exact) mass is 229 g/mol. The van der Waals surface area contributed by atoms with Crippen LogP contribution >= 0.6 is 0 Å². The van der Waals surface area contributed by atoms with Gasteiger partial charge >= 0.3 is 0 Å². The number of aromatic nitrogens is 4. The van der Waals surface area contributed by atoms with Gasteiger partial charge in [-0.2, -0.15) is 5.21 Å². The number of tetrazole rings is 1. The maximum Gasteiger partial charge on any atom is 0.263 e. The standard InChI is InChI=1S/C11H11N5O/c1-7-2-3-10-8(4-7)5-9(17-10)6-12-11-13-15-16-14-11/h2-5H,6H2,1H3,(H2,12,13,14,15,16). The molecule has 0 aliphatic heterocycles. The molecule has 3 aromatic rings. The Morgan fingerprint density at radius 1 is 1.35 bits per heavy atom. The fourth-order valence-corrected chi connectivity index (χ4v) is 1.71. The first-order valence-corrected chi connectivity index (χ1v) is 5.28. The van der Waals surface area contributed by atoms with Crippen molar-refractivity contribution in [2.24, 2.45) is 0 Å². The molecule has 0 bridgehead atoms. The molecule has 0 saturated heterocycles. The van der Waals surface area contributed by atoms with Gasteiger partial charge in [-0.05, 0) is 30.3 Å². The molecule has 2 N–H and O–H groups in total. The van der Waals surface area contributed by atoms with Crippen molar-refractivity contribution in [2.45, 2.75) is 13.5 Å². The van der Waals surface area contributed by atoms with Crippen LogP contribution in [0.5, 0.6) is 0 Å². The fourth-order valence-electron chi connectivity index (χ4n) is 1.71. The minimum absolute atomic E-state index is 0.460. The summed E-state index contributed by atoms with van der Waals surface area (Å²) < 4.78 is 5.67. The molecule has 6 nitrogen and oxygen atoms in total. The number of rotatable bonds is 3. The van der Waals surface area contributed by atoms with Crippen LogP contribution in [0.15, 0.2) is 28.7 Å². The molecule has 0 amide bonds. The Morgan fingerprint density at radius 2 is 2.29 bits per heavy atom. The topological polar surface area (TPSA) is 79.6 Å². The van der Waals surface area contributed by atoms with Crippen LogP contribution in [-0.4, -0.2) is 20.6 Å². The highest BCUT2D eigenvalue weighted by atomic mass is 16.3. The fraction of sp³-hybridized carbons (Fsp3) is 0.182. The number of nitrogens with zero attached hydrogens (tertiary/aromatic N) is 3. The van der Waals surface area contributed by atoms with Gasteiger partial charge < -0.3 is 9.73 Å². The second kappa shape index (κ2) is 3.89. The van der Waals surface area contributed by atoms with Crippen molar-refractivity contribution in [3.63, 3.8) is 0 Å². The molecule has 0 saturated carbocycles. The number of hydrogen-bond acceptors (Lipinski definition) is 5. The van der Waals surface area contributed by atoms with E-state index in [1.165, 1.54) is 5.56 Å². The van der Waals surface area contributed by atoms with Crippen molar-refractivity contribution in [3.05, 3.63) is 35.6 Å². The number of nitrogens with one attached hydrogen (secondary N) is 2. The normalized spacial score (nSPS) is 10.9. The number of H-pyrrole nitrogens is 1. The van der Waals surface area contributed by atoms with Gasteiger partial charge in [0.2, 0.25) is 0 Å². The summed E-state index contributed by atoms with van der Waals surface area (Å²) in [6.07, 6.45) is 0. The maximum absolute atomic E-state index is 5.67. The molecule has 17 heavy (non-hydrogen) atoms. The van der Waals surface area contributed by atoms with E-state index in [0.29, 0.717) is 12.5 Å². The molecule has 2 aromatic heterocycles. The molecule has 0 spiro atoms. The smallest absolute Gasteiger partial charge is 0.263 e. The van der Waals surface area contributed by atoms with Crippen LogP contribution < -0.4 is 5.32 Å². The van der Waals surface area contributed by atoms with Gasteiger partial charge in [0.1, 0.15) is 11.3 Å². The average molecular weight is 229 g/mol. The van der Waals surface area contributed by atoms with Crippen LogP contribution in [0.4, 0.5) is 5.95 Å². The molecule has 0 aliphatic rings. The van der Waals surface area contributed by atoms with Crippen molar-refractivity contribution < 1.29 is 4.42 Å². The number of hydrogen-bond donors (Lipinski definition) is 2. The van der Waals surface area contributed by atoms with Crippen molar-refractivity contribution in [1.29, 1.82) is 0 Å². The molecule has 0 atom stereocenters. The highest BCUT2D eigenvalue weighted by Gasteiger charge is 2.04. The Bertz CT molecular complexity index is 628. The van der Waals surface area contributed by atoms with E-state index < -0.39 is 0 Å². The van der Waals surface area contributed by atoms with Gasteiger partial charge in [0.05, 0.1) is 6.54 Å². The molecule has 0 radical (unpaired) electrons. The third kappa shape index (κ3) is 1.96. The summed E-state index contributed by atoms with van der Waals surface area (Å²) in [4.78, 5) is 0. The third-order valence-electron chi connectivity index (χ3n) is 2.49. The van der Waals surface area contributed by atoms with Crippen LogP contribution in [0.25, 0.3) is 11.0 Å². The SMILES string of the molecule is Cc1ccc2oc(CNc3nn[nH]n3)cc2c1. The Balaban J connectivity index is 1.81. The van der Waals surface area contributed by atoms with Gasteiger partial charge in [0.15, 0.2) is 0 Å². The molecule has 3 rings (SSSR count). The number of aromatic amines is 1. The third-order valence-corrected chi connectivity index (χ3v) is 2.49. The lowest BCUT2D eigenvalue weighted by molar-refractivity contribution is 0.558. The zero-order chi connectivity index (χ0) is 11.7. The number of aryl methyl sites for hydroxylation is 1. The average Bonchev–Trinajstić information content (AvgIpc) is 2.94. The summed E-state index contributed by atoms with van der Waals surface area (Å²) in [6, 6.07) is 8.11. The van der Waals surface area contributed by atoms with Crippen molar-refractivity contribution >= 4 is 16.9 Å². The Hall–Kier alpha value is -2.37. The van der Waals surface area contributed by atoms with E-state index in [4.69, 9.17) is 4.42 Å². The second-order valence-corrected chi connectivity index (χ2v) is 3.84. The molecule has 6 heteroatoms. The summed E-state index contributed by atoms with van der Waals surface area (Å²) in [5.74, 6) is 1.30. The van der Waals surface area contributed by atoms with Crippen LogP contribution in [0.1, 0.15) is 11.3 Å². The first-order valence-electron chi connectivity index (χ1n) is 5.28. The molecule has 2 heterocycles. The van der Waals surface area contributed by atoms with E-state index in [2.05, 4.69) is 38.9 Å². The van der Waals surface area contributed by atoms with Crippen LogP contribution in [0.2, 0.25) is 0 Å². The number of fused-ring (bicyclic) bond motifs is 1. The molecular weight excluding hydrogens is 218 g/mol. The molecule has 86 valence electrons. The minimum atomic E-state index is 0.460. The van der Waals surface area contributed by atoms with E-state index in [-0.39, 0.29) is 0 Å². The number of anilines is 1. The van der Waals surface area contributed by atoms with Gasteiger partial charge in [-0.25, -0.2) is 0 Å². The van der Waals surface area contributed by atoms with Gasteiger partial charge in [-0.1, -0.05) is 16.7 Å². The molecule has 0 fully saturated rings. The van der Waals surface area contributed by atoms with E-state index in [1.54, 1.807) is 0 Å². The number of furan rings is 1. The van der Waals surface area contributed by atoms with E-state index in [0.717, 1.165) is 16.7 Å². The number of benzene rings is 1. The zero-order valence-electron chi connectivity index (χ0n) is 9.27. The first kappa shape index (κ1) is 9.83. The van der Waals surface area contributed by atoms with Crippen molar-refractivity contribution in [2.75, 3.05) is 5.32 Å². The van der Waals surface area contributed by atoms with Crippen LogP contribution in [0, 0.1) is 6.92 Å². The van der Waals surface area contributed by atoms with Crippen LogP contribution in [-0.2, 0) is 6.54 Å². The molecule has 1 aromatic carbocycles. The summed E-state index contributed by atoms with van der Waals surface area (Å²) in [5, 5.41) is 17.5. The largest absolute Gasteiger partial charge is 0.459 e.